The second-order valence-corrected chi connectivity index (χ2v) is 11.9. The normalized spacial score (nSPS) is 15.1. The van der Waals surface area contributed by atoms with Crippen LogP contribution in [0.4, 0.5) is 5.69 Å². The Morgan fingerprint density at radius 2 is 1.81 bits per heavy atom. The first-order valence-corrected chi connectivity index (χ1v) is 14.7. The van der Waals surface area contributed by atoms with Crippen LogP contribution in [-0.4, -0.2) is 57.1 Å². The van der Waals surface area contributed by atoms with Crippen LogP contribution in [0.15, 0.2) is 53.0 Å². The molecule has 196 valence electrons. The van der Waals surface area contributed by atoms with Gasteiger partial charge in [0.05, 0.1) is 19.1 Å². The van der Waals surface area contributed by atoms with Crippen molar-refractivity contribution in [3.05, 3.63) is 58.6 Å². The average molecular weight is 581 g/mol. The second kappa shape index (κ2) is 12.6. The summed E-state index contributed by atoms with van der Waals surface area (Å²) in [5, 5.41) is 3.09. The Morgan fingerprint density at radius 3 is 2.44 bits per heavy atom. The van der Waals surface area contributed by atoms with Gasteiger partial charge in [0.25, 0.3) is 0 Å². The number of hydrogen-bond acceptors (Lipinski definition) is 5. The minimum Gasteiger partial charge on any atom is -0.497 e. The standard InChI is InChI=1S/C26H34BrN3O5S/c1-19(26(32)28-21-11-5-4-6-12-21)29(17-20-10-9-13-22(16-20)35-2)25(31)18-30(36(3,33)34)24-15-8-7-14-23(24)27/h7-10,13-16,19,21H,4-6,11-12,17-18H2,1-3H3,(H,28,32). The van der Waals surface area contributed by atoms with E-state index in [4.69, 9.17) is 4.74 Å². The number of halogens is 1. The van der Waals surface area contributed by atoms with E-state index in [1.54, 1.807) is 50.4 Å². The van der Waals surface area contributed by atoms with Crippen LogP contribution >= 0.6 is 15.9 Å². The summed E-state index contributed by atoms with van der Waals surface area (Å²) >= 11 is 3.38. The number of methoxy groups -OCH3 is 1. The maximum Gasteiger partial charge on any atom is 0.244 e. The van der Waals surface area contributed by atoms with Crippen molar-refractivity contribution in [3.63, 3.8) is 0 Å². The minimum absolute atomic E-state index is 0.0928. The molecule has 2 amide bonds. The van der Waals surface area contributed by atoms with Crippen molar-refractivity contribution >= 4 is 43.5 Å². The molecule has 0 heterocycles. The number of nitrogens with zero attached hydrogens (tertiary/aromatic N) is 2. The summed E-state index contributed by atoms with van der Waals surface area (Å²) in [6, 6.07) is 13.4. The summed E-state index contributed by atoms with van der Waals surface area (Å²) < 4.78 is 32.3. The van der Waals surface area contributed by atoms with Gasteiger partial charge in [0.2, 0.25) is 21.8 Å². The first kappa shape index (κ1) is 28.0. The summed E-state index contributed by atoms with van der Waals surface area (Å²) in [6.07, 6.45) is 6.21. The number of rotatable bonds is 10. The molecule has 0 saturated heterocycles. The molecule has 1 aliphatic rings. The number of nitrogens with one attached hydrogen (secondary N) is 1. The molecule has 1 saturated carbocycles. The number of carbonyl (C=O) groups excluding carboxylic acids is 2. The van der Waals surface area contributed by atoms with Crippen LogP contribution in [0.25, 0.3) is 0 Å². The zero-order valence-corrected chi connectivity index (χ0v) is 23.3. The van der Waals surface area contributed by atoms with Gasteiger partial charge in [-0.2, -0.15) is 0 Å². The lowest BCUT2D eigenvalue weighted by Gasteiger charge is -2.33. The Morgan fingerprint density at radius 1 is 1.11 bits per heavy atom. The molecule has 0 aromatic heterocycles. The minimum atomic E-state index is -3.79. The van der Waals surface area contributed by atoms with E-state index in [1.165, 1.54) is 11.3 Å². The van der Waals surface area contributed by atoms with Gasteiger partial charge in [-0.25, -0.2) is 8.42 Å². The zero-order chi connectivity index (χ0) is 26.3. The number of hydrogen-bond donors (Lipinski definition) is 1. The fourth-order valence-corrected chi connectivity index (χ4v) is 5.85. The number of benzene rings is 2. The molecule has 8 nitrogen and oxygen atoms in total. The van der Waals surface area contributed by atoms with E-state index >= 15 is 0 Å². The molecule has 1 N–H and O–H groups in total. The summed E-state index contributed by atoms with van der Waals surface area (Å²) in [6.45, 7) is 1.37. The van der Waals surface area contributed by atoms with Crippen molar-refractivity contribution in [2.75, 3.05) is 24.2 Å². The SMILES string of the molecule is COc1cccc(CN(C(=O)CN(c2ccccc2Br)S(C)(=O)=O)C(C)C(=O)NC2CCCCC2)c1. The van der Waals surface area contributed by atoms with Gasteiger partial charge < -0.3 is 15.0 Å². The first-order valence-electron chi connectivity index (χ1n) is 12.0. The third-order valence-corrected chi connectivity index (χ3v) is 8.20. The van der Waals surface area contributed by atoms with Crippen molar-refractivity contribution in [1.29, 1.82) is 0 Å². The van der Waals surface area contributed by atoms with Gasteiger partial charge in [-0.3, -0.25) is 13.9 Å². The van der Waals surface area contributed by atoms with Gasteiger partial charge in [0.1, 0.15) is 18.3 Å². The molecule has 36 heavy (non-hydrogen) atoms. The number of anilines is 1. The van der Waals surface area contributed by atoms with E-state index in [0.29, 0.717) is 15.9 Å². The van der Waals surface area contributed by atoms with Crippen molar-refractivity contribution in [1.82, 2.24) is 10.2 Å². The van der Waals surface area contributed by atoms with Crippen molar-refractivity contribution in [2.24, 2.45) is 0 Å². The summed E-state index contributed by atoms with van der Waals surface area (Å²) in [4.78, 5) is 28.3. The Kier molecular flexibility index (Phi) is 9.78. The second-order valence-electron chi connectivity index (χ2n) is 9.11. The fraction of sp³-hybridized carbons (Fsp3) is 0.462. The topological polar surface area (TPSA) is 96.0 Å². The Balaban J connectivity index is 1.89. The van der Waals surface area contributed by atoms with Crippen LogP contribution in [0, 0.1) is 0 Å². The number of ether oxygens (including phenoxy) is 1. The van der Waals surface area contributed by atoms with Gasteiger partial charge in [-0.1, -0.05) is 43.5 Å². The van der Waals surface area contributed by atoms with Gasteiger partial charge in [0.15, 0.2) is 0 Å². The molecule has 1 atom stereocenters. The fourth-order valence-electron chi connectivity index (χ4n) is 4.37. The third-order valence-electron chi connectivity index (χ3n) is 6.41. The highest BCUT2D eigenvalue weighted by Crippen LogP contribution is 2.28. The number of amides is 2. The number of carbonyl (C=O) groups is 2. The summed E-state index contributed by atoms with van der Waals surface area (Å²) in [7, 11) is -2.23. The van der Waals surface area contributed by atoms with Gasteiger partial charge in [-0.05, 0) is 65.5 Å². The van der Waals surface area contributed by atoms with E-state index in [1.807, 2.05) is 12.1 Å². The molecule has 1 fully saturated rings. The van der Waals surface area contributed by atoms with E-state index in [0.717, 1.165) is 41.8 Å². The summed E-state index contributed by atoms with van der Waals surface area (Å²) in [5.74, 6) is -0.0968. The van der Waals surface area contributed by atoms with Crippen molar-refractivity contribution < 1.29 is 22.7 Å². The molecule has 1 unspecified atom stereocenters. The first-order chi connectivity index (χ1) is 17.1. The number of para-hydroxylation sites is 1. The Hall–Kier alpha value is -2.59. The van der Waals surface area contributed by atoms with Crippen LogP contribution in [0.2, 0.25) is 0 Å². The highest BCUT2D eigenvalue weighted by atomic mass is 79.9. The van der Waals surface area contributed by atoms with Crippen molar-refractivity contribution in [2.45, 2.75) is 57.7 Å². The smallest absolute Gasteiger partial charge is 0.244 e. The third kappa shape index (κ3) is 7.46. The molecular formula is C26H34BrN3O5S. The molecule has 2 aromatic carbocycles. The van der Waals surface area contributed by atoms with Crippen LogP contribution in [0.3, 0.4) is 0 Å². The van der Waals surface area contributed by atoms with Crippen LogP contribution < -0.4 is 14.4 Å². The summed E-state index contributed by atoms with van der Waals surface area (Å²) in [5.41, 5.74) is 1.13. The van der Waals surface area contributed by atoms with E-state index in [-0.39, 0.29) is 18.5 Å². The highest BCUT2D eigenvalue weighted by Gasteiger charge is 2.31. The largest absolute Gasteiger partial charge is 0.497 e. The zero-order valence-electron chi connectivity index (χ0n) is 20.9. The highest BCUT2D eigenvalue weighted by molar-refractivity contribution is 9.10. The predicted molar refractivity (Wildman–Crippen MR) is 144 cm³/mol. The molecular weight excluding hydrogens is 546 g/mol. The lowest BCUT2D eigenvalue weighted by Crippen LogP contribution is -2.53. The lowest BCUT2D eigenvalue weighted by molar-refractivity contribution is -0.139. The Bertz CT molecular complexity index is 1170. The predicted octanol–water partition coefficient (Wildman–Crippen LogP) is 4.09. The lowest BCUT2D eigenvalue weighted by atomic mass is 9.95. The van der Waals surface area contributed by atoms with Crippen LogP contribution in [0.5, 0.6) is 5.75 Å². The van der Waals surface area contributed by atoms with E-state index < -0.39 is 28.5 Å². The molecule has 10 heteroatoms. The molecule has 0 aliphatic heterocycles. The molecule has 1 aliphatic carbocycles. The maximum absolute atomic E-state index is 13.7. The van der Waals surface area contributed by atoms with Crippen LogP contribution in [0.1, 0.15) is 44.6 Å². The van der Waals surface area contributed by atoms with Gasteiger partial charge in [-0.15, -0.1) is 0 Å². The van der Waals surface area contributed by atoms with Crippen LogP contribution in [-0.2, 0) is 26.2 Å². The average Bonchev–Trinajstić information content (AvgIpc) is 2.86. The molecule has 0 spiro atoms. The monoisotopic (exact) mass is 579 g/mol. The van der Waals surface area contributed by atoms with Crippen molar-refractivity contribution in [3.8, 4) is 5.75 Å². The van der Waals surface area contributed by atoms with E-state index in [9.17, 15) is 18.0 Å². The molecule has 3 rings (SSSR count). The van der Waals surface area contributed by atoms with E-state index in [2.05, 4.69) is 21.2 Å². The molecule has 2 aromatic rings. The maximum atomic E-state index is 13.7. The van der Waals surface area contributed by atoms with Gasteiger partial charge >= 0.3 is 0 Å². The molecule has 0 bridgehead atoms. The number of sulfonamides is 1. The molecule has 0 radical (unpaired) electrons. The van der Waals surface area contributed by atoms with Gasteiger partial charge in [0, 0.05) is 17.1 Å². The quantitative estimate of drug-likeness (QED) is 0.457. The Labute approximate surface area is 222 Å².